The molecule has 0 saturated heterocycles. The first kappa shape index (κ1) is 14.0. The second kappa shape index (κ2) is 6.44. The van der Waals surface area contributed by atoms with Crippen molar-refractivity contribution in [2.45, 2.75) is 0 Å². The summed E-state index contributed by atoms with van der Waals surface area (Å²) in [7, 11) is 0. The number of carboxylic acid groups (broad SMARTS) is 1. The predicted molar refractivity (Wildman–Crippen MR) is 51.9 cm³/mol. The van der Waals surface area contributed by atoms with Crippen molar-refractivity contribution in [3.63, 3.8) is 0 Å². The molecule has 0 atom stereocenters. The van der Waals surface area contributed by atoms with E-state index in [1.807, 2.05) is 0 Å². The Hall–Kier alpha value is -1.04. The van der Waals surface area contributed by atoms with Gasteiger partial charge in [0.1, 0.15) is 6.54 Å². The monoisotopic (exact) mass is 218 g/mol. The number of carbonyl (C=O) groups excluding carboxylic acids is 1. The van der Waals surface area contributed by atoms with Crippen molar-refractivity contribution in [3.8, 4) is 0 Å². The molecule has 0 fully saturated rings. The van der Waals surface area contributed by atoms with Crippen LogP contribution < -0.4 is 40.6 Å². The van der Waals surface area contributed by atoms with Gasteiger partial charge in [0.2, 0.25) is 0 Å². The van der Waals surface area contributed by atoms with Crippen LogP contribution in [0.1, 0.15) is 11.8 Å². The van der Waals surface area contributed by atoms with Crippen LogP contribution in [0, 0.1) is 0 Å². The van der Waals surface area contributed by atoms with Crippen molar-refractivity contribution < 1.29 is 45.7 Å². The topological polar surface area (TPSA) is 92.4 Å². The minimum Gasteiger partial charge on any atom is -1.00 e. The fraction of sp³-hybridized carbons (Fsp3) is 0.111. The molecule has 6 heteroatoms. The first-order valence-corrected chi connectivity index (χ1v) is 3.95. The van der Waals surface area contributed by atoms with E-state index >= 15 is 0 Å². The van der Waals surface area contributed by atoms with Crippen molar-refractivity contribution in [1.29, 1.82) is 0 Å². The van der Waals surface area contributed by atoms with Gasteiger partial charge in [0.05, 0.1) is 5.56 Å². The summed E-state index contributed by atoms with van der Waals surface area (Å²) in [6.07, 6.45) is 0. The average molecular weight is 218 g/mol. The van der Waals surface area contributed by atoms with E-state index in [0.29, 0.717) is 5.69 Å². The molecule has 0 heterocycles. The molecule has 1 aromatic rings. The molecule has 15 heavy (non-hydrogen) atoms. The molecule has 0 spiro atoms. The van der Waals surface area contributed by atoms with Crippen LogP contribution in [0.15, 0.2) is 24.3 Å². The minimum atomic E-state index is -1.09. The quantitative estimate of drug-likeness (QED) is 0.377. The maximum Gasteiger partial charge on any atom is 1.00 e. The Labute approximate surface area is 110 Å². The SMILES string of the molecule is Nc1ccccc1C(=O)NCC(=O)O.[H-].[Na+]. The van der Waals surface area contributed by atoms with Gasteiger partial charge in [-0.05, 0) is 12.1 Å². The molecule has 5 nitrogen and oxygen atoms in total. The van der Waals surface area contributed by atoms with Gasteiger partial charge in [-0.25, -0.2) is 0 Å². The Morgan fingerprint density at radius 2 is 2.00 bits per heavy atom. The van der Waals surface area contributed by atoms with Crippen LogP contribution in [0.3, 0.4) is 0 Å². The van der Waals surface area contributed by atoms with Gasteiger partial charge in [0, 0.05) is 5.69 Å². The number of rotatable bonds is 3. The van der Waals surface area contributed by atoms with Gasteiger partial charge in [-0.2, -0.15) is 0 Å². The molecule has 0 aliphatic carbocycles. The Morgan fingerprint density at radius 1 is 1.40 bits per heavy atom. The first-order valence-electron chi connectivity index (χ1n) is 3.95. The van der Waals surface area contributed by atoms with E-state index in [9.17, 15) is 9.59 Å². The maximum absolute atomic E-state index is 11.3. The van der Waals surface area contributed by atoms with Gasteiger partial charge in [-0.1, -0.05) is 12.1 Å². The zero-order chi connectivity index (χ0) is 10.6. The summed E-state index contributed by atoms with van der Waals surface area (Å²) in [5.74, 6) is -1.57. The second-order valence-corrected chi connectivity index (χ2v) is 2.66. The number of carbonyl (C=O) groups is 2. The van der Waals surface area contributed by atoms with Crippen LogP contribution in [-0.2, 0) is 4.79 Å². The zero-order valence-electron chi connectivity index (χ0n) is 9.36. The van der Waals surface area contributed by atoms with Crippen molar-refractivity contribution in [2.24, 2.45) is 0 Å². The Morgan fingerprint density at radius 3 is 2.53 bits per heavy atom. The van der Waals surface area contributed by atoms with E-state index in [1.54, 1.807) is 18.2 Å². The van der Waals surface area contributed by atoms with Gasteiger partial charge in [0.25, 0.3) is 5.91 Å². The number of hydrogen-bond acceptors (Lipinski definition) is 3. The molecular formula is C9H11N2NaO3. The van der Waals surface area contributed by atoms with Crippen LogP contribution in [0.4, 0.5) is 5.69 Å². The number of carboxylic acids is 1. The number of benzene rings is 1. The fourth-order valence-electron chi connectivity index (χ4n) is 0.955. The largest absolute Gasteiger partial charge is 1.00 e. The van der Waals surface area contributed by atoms with Gasteiger partial charge >= 0.3 is 35.5 Å². The number of anilines is 1. The third-order valence-corrected chi connectivity index (χ3v) is 1.61. The van der Waals surface area contributed by atoms with Crippen molar-refractivity contribution in [3.05, 3.63) is 29.8 Å². The summed E-state index contributed by atoms with van der Waals surface area (Å²) < 4.78 is 0. The molecule has 0 bridgehead atoms. The van der Waals surface area contributed by atoms with Gasteiger partial charge in [-0.15, -0.1) is 0 Å². The summed E-state index contributed by atoms with van der Waals surface area (Å²) in [6.45, 7) is -0.410. The Balaban J connectivity index is 0. The van der Waals surface area contributed by atoms with E-state index in [2.05, 4.69) is 5.32 Å². The normalized spacial score (nSPS) is 8.80. The summed E-state index contributed by atoms with van der Waals surface area (Å²) in [5, 5.41) is 10.6. The number of para-hydroxylation sites is 1. The number of aliphatic carboxylic acids is 1. The van der Waals surface area contributed by atoms with Crippen LogP contribution in [-0.4, -0.2) is 23.5 Å². The maximum atomic E-state index is 11.3. The van der Waals surface area contributed by atoms with Crippen LogP contribution in [0.5, 0.6) is 0 Å². The average Bonchev–Trinajstić information content (AvgIpc) is 2.15. The molecule has 1 amide bonds. The van der Waals surface area contributed by atoms with E-state index in [4.69, 9.17) is 10.8 Å². The molecule has 0 aliphatic rings. The summed E-state index contributed by atoms with van der Waals surface area (Å²) in [4.78, 5) is 21.5. The van der Waals surface area contributed by atoms with Gasteiger partial charge in [0.15, 0.2) is 0 Å². The summed E-state index contributed by atoms with van der Waals surface area (Å²) in [5.41, 5.74) is 6.13. The van der Waals surface area contributed by atoms with Crippen LogP contribution in [0.2, 0.25) is 0 Å². The number of amides is 1. The standard InChI is InChI=1S/C9H10N2O3.Na.H/c10-7-4-2-1-3-6(7)9(14)11-5-8(12)13;;/h1-4H,5,10H2,(H,11,14)(H,12,13);;/q;+1;-1. The fourth-order valence-corrected chi connectivity index (χ4v) is 0.955. The molecule has 0 aliphatic heterocycles. The zero-order valence-corrected chi connectivity index (χ0v) is 10.4. The van der Waals surface area contributed by atoms with Crippen molar-refractivity contribution in [1.82, 2.24) is 5.32 Å². The Bertz CT molecular complexity index is 374. The third kappa shape index (κ3) is 4.33. The van der Waals surface area contributed by atoms with E-state index in [0.717, 1.165) is 0 Å². The summed E-state index contributed by atoms with van der Waals surface area (Å²) in [6, 6.07) is 6.47. The molecule has 76 valence electrons. The van der Waals surface area contributed by atoms with Gasteiger partial charge < -0.3 is 17.6 Å². The van der Waals surface area contributed by atoms with E-state index in [1.165, 1.54) is 6.07 Å². The van der Waals surface area contributed by atoms with Crippen LogP contribution in [0.25, 0.3) is 0 Å². The molecule has 0 unspecified atom stereocenters. The Kier molecular flexibility index (Phi) is 6.00. The molecule has 0 aromatic heterocycles. The molecule has 4 N–H and O–H groups in total. The second-order valence-electron chi connectivity index (χ2n) is 2.66. The van der Waals surface area contributed by atoms with Crippen molar-refractivity contribution in [2.75, 3.05) is 12.3 Å². The number of nitrogen functional groups attached to an aromatic ring is 1. The number of nitrogens with one attached hydrogen (secondary N) is 1. The van der Waals surface area contributed by atoms with Gasteiger partial charge in [-0.3, -0.25) is 9.59 Å². The smallest absolute Gasteiger partial charge is 1.00 e. The molecule has 1 rings (SSSR count). The molecule has 1 aromatic carbocycles. The molecular weight excluding hydrogens is 207 g/mol. The third-order valence-electron chi connectivity index (χ3n) is 1.61. The number of hydrogen-bond donors (Lipinski definition) is 3. The number of nitrogens with two attached hydrogens (primary N) is 1. The van der Waals surface area contributed by atoms with Crippen LogP contribution >= 0.6 is 0 Å². The van der Waals surface area contributed by atoms with E-state index in [-0.39, 0.29) is 36.5 Å². The van der Waals surface area contributed by atoms with Crippen molar-refractivity contribution >= 4 is 17.6 Å². The first-order chi connectivity index (χ1) is 6.61. The molecule has 0 saturated carbocycles. The minimum absolute atomic E-state index is 0. The van der Waals surface area contributed by atoms with E-state index < -0.39 is 18.4 Å². The predicted octanol–water partition coefficient (Wildman–Crippen LogP) is -2.80. The molecule has 0 radical (unpaired) electrons. The summed E-state index contributed by atoms with van der Waals surface area (Å²) >= 11 is 0.